The standard InChI is InChI=1S/C10H11FO3/c1-7(13)6-14-10-3-8(5-12)2-9(11)4-10/h2-5,7,13H,6H2,1H3. The van der Waals surface area contributed by atoms with Gasteiger partial charge < -0.3 is 9.84 Å². The summed E-state index contributed by atoms with van der Waals surface area (Å²) in [5.74, 6) is -0.289. The summed E-state index contributed by atoms with van der Waals surface area (Å²) in [6.07, 6.45) is -0.0869. The number of hydrogen-bond acceptors (Lipinski definition) is 3. The summed E-state index contributed by atoms with van der Waals surface area (Å²) >= 11 is 0. The Labute approximate surface area is 81.1 Å². The number of ether oxygens (including phenoxy) is 1. The van der Waals surface area contributed by atoms with Gasteiger partial charge in [0.1, 0.15) is 24.5 Å². The maximum absolute atomic E-state index is 12.8. The predicted octanol–water partition coefficient (Wildman–Crippen LogP) is 1.40. The predicted molar refractivity (Wildman–Crippen MR) is 49.0 cm³/mol. The Morgan fingerprint density at radius 2 is 2.29 bits per heavy atom. The van der Waals surface area contributed by atoms with Crippen LogP contribution in [0.4, 0.5) is 4.39 Å². The van der Waals surface area contributed by atoms with E-state index >= 15 is 0 Å². The van der Waals surface area contributed by atoms with Crippen molar-refractivity contribution in [3.8, 4) is 5.75 Å². The molecule has 1 N–H and O–H groups in total. The van der Waals surface area contributed by atoms with Gasteiger partial charge in [0, 0.05) is 11.6 Å². The number of aliphatic hydroxyl groups is 1. The lowest BCUT2D eigenvalue weighted by molar-refractivity contribution is 0.112. The van der Waals surface area contributed by atoms with Crippen LogP contribution in [0.5, 0.6) is 5.75 Å². The third kappa shape index (κ3) is 3.14. The van der Waals surface area contributed by atoms with Crippen LogP contribution in [-0.4, -0.2) is 24.1 Å². The molecule has 0 radical (unpaired) electrons. The van der Waals surface area contributed by atoms with E-state index in [9.17, 15) is 9.18 Å². The summed E-state index contributed by atoms with van der Waals surface area (Å²) in [4.78, 5) is 10.4. The summed E-state index contributed by atoms with van der Waals surface area (Å²) in [6.45, 7) is 1.63. The Kier molecular flexibility index (Phi) is 3.59. The summed E-state index contributed by atoms with van der Waals surface area (Å²) in [7, 11) is 0. The lowest BCUT2D eigenvalue weighted by atomic mass is 10.2. The topological polar surface area (TPSA) is 46.5 Å². The van der Waals surface area contributed by atoms with Crippen molar-refractivity contribution in [3.05, 3.63) is 29.6 Å². The minimum atomic E-state index is -0.627. The third-order valence-electron chi connectivity index (χ3n) is 1.52. The molecule has 76 valence electrons. The third-order valence-corrected chi connectivity index (χ3v) is 1.52. The first kappa shape index (κ1) is 10.7. The maximum Gasteiger partial charge on any atom is 0.150 e. The van der Waals surface area contributed by atoms with Gasteiger partial charge in [-0.25, -0.2) is 4.39 Å². The average Bonchev–Trinajstić information content (AvgIpc) is 2.14. The summed E-state index contributed by atoms with van der Waals surface area (Å²) < 4.78 is 17.9. The highest BCUT2D eigenvalue weighted by Crippen LogP contribution is 2.15. The van der Waals surface area contributed by atoms with Gasteiger partial charge in [-0.1, -0.05) is 0 Å². The van der Waals surface area contributed by atoms with Crippen molar-refractivity contribution < 1.29 is 19.0 Å². The molecular weight excluding hydrogens is 187 g/mol. The minimum Gasteiger partial charge on any atom is -0.491 e. The highest BCUT2D eigenvalue weighted by atomic mass is 19.1. The molecule has 1 rings (SSSR count). The number of aldehydes is 1. The Morgan fingerprint density at radius 3 is 2.86 bits per heavy atom. The highest BCUT2D eigenvalue weighted by molar-refractivity contribution is 5.75. The second kappa shape index (κ2) is 4.72. The van der Waals surface area contributed by atoms with Gasteiger partial charge in [-0.2, -0.15) is 0 Å². The highest BCUT2D eigenvalue weighted by Gasteiger charge is 2.02. The number of carbonyl (C=O) groups excluding carboxylic acids is 1. The van der Waals surface area contributed by atoms with Crippen molar-refractivity contribution in [1.82, 2.24) is 0 Å². The molecule has 3 nitrogen and oxygen atoms in total. The molecule has 0 aliphatic carbocycles. The minimum absolute atomic E-state index is 0.0712. The molecule has 0 aliphatic rings. The largest absolute Gasteiger partial charge is 0.491 e. The first-order chi connectivity index (χ1) is 6.61. The molecule has 0 aromatic heterocycles. The maximum atomic E-state index is 12.8. The molecule has 1 aromatic rings. The van der Waals surface area contributed by atoms with Crippen molar-refractivity contribution in [2.75, 3.05) is 6.61 Å². The molecule has 0 bridgehead atoms. The van der Waals surface area contributed by atoms with Crippen LogP contribution in [0.25, 0.3) is 0 Å². The molecule has 1 unspecified atom stereocenters. The lowest BCUT2D eigenvalue weighted by Gasteiger charge is -2.08. The van der Waals surface area contributed by atoms with Gasteiger partial charge in [0.25, 0.3) is 0 Å². The fourth-order valence-electron chi connectivity index (χ4n) is 0.953. The van der Waals surface area contributed by atoms with Gasteiger partial charge in [0.05, 0.1) is 6.10 Å². The molecule has 0 spiro atoms. The lowest BCUT2D eigenvalue weighted by Crippen LogP contribution is -2.12. The molecule has 0 heterocycles. The van der Waals surface area contributed by atoms with E-state index in [1.165, 1.54) is 6.07 Å². The molecule has 4 heteroatoms. The van der Waals surface area contributed by atoms with Crippen LogP contribution in [0.2, 0.25) is 0 Å². The van der Waals surface area contributed by atoms with E-state index in [-0.39, 0.29) is 17.9 Å². The second-order valence-corrected chi connectivity index (χ2v) is 3.00. The van der Waals surface area contributed by atoms with Crippen molar-refractivity contribution in [1.29, 1.82) is 0 Å². The van der Waals surface area contributed by atoms with E-state index < -0.39 is 11.9 Å². The normalized spacial score (nSPS) is 12.2. The van der Waals surface area contributed by atoms with Gasteiger partial charge in [0.2, 0.25) is 0 Å². The average molecular weight is 198 g/mol. The number of halogens is 1. The molecule has 14 heavy (non-hydrogen) atoms. The Hall–Kier alpha value is -1.42. The first-order valence-corrected chi connectivity index (χ1v) is 4.18. The van der Waals surface area contributed by atoms with Gasteiger partial charge >= 0.3 is 0 Å². The van der Waals surface area contributed by atoms with Crippen molar-refractivity contribution in [2.24, 2.45) is 0 Å². The smallest absolute Gasteiger partial charge is 0.150 e. The summed E-state index contributed by atoms with van der Waals surface area (Å²) in [5, 5.41) is 8.92. The number of benzene rings is 1. The van der Waals surface area contributed by atoms with E-state index in [4.69, 9.17) is 9.84 Å². The Balaban J connectivity index is 2.76. The zero-order valence-electron chi connectivity index (χ0n) is 7.74. The monoisotopic (exact) mass is 198 g/mol. The van der Waals surface area contributed by atoms with Gasteiger partial charge in [-0.3, -0.25) is 4.79 Å². The van der Waals surface area contributed by atoms with Crippen molar-refractivity contribution in [2.45, 2.75) is 13.0 Å². The van der Waals surface area contributed by atoms with Crippen LogP contribution >= 0.6 is 0 Å². The zero-order chi connectivity index (χ0) is 10.6. The first-order valence-electron chi connectivity index (χ1n) is 4.18. The summed E-state index contributed by atoms with van der Waals surface area (Å²) in [5.41, 5.74) is 0.214. The SMILES string of the molecule is CC(O)COc1cc(F)cc(C=O)c1. The fraction of sp³-hybridized carbons (Fsp3) is 0.300. The van der Waals surface area contributed by atoms with Crippen molar-refractivity contribution >= 4 is 6.29 Å². The van der Waals surface area contributed by atoms with E-state index in [0.29, 0.717) is 6.29 Å². The Morgan fingerprint density at radius 1 is 1.57 bits per heavy atom. The van der Waals surface area contributed by atoms with E-state index in [1.807, 2.05) is 0 Å². The van der Waals surface area contributed by atoms with Crippen LogP contribution < -0.4 is 4.74 Å². The number of carbonyl (C=O) groups is 1. The van der Waals surface area contributed by atoms with Crippen LogP contribution in [-0.2, 0) is 0 Å². The van der Waals surface area contributed by atoms with E-state index in [0.717, 1.165) is 12.1 Å². The van der Waals surface area contributed by atoms with Crippen LogP contribution in [0.1, 0.15) is 17.3 Å². The molecule has 0 amide bonds. The fourth-order valence-corrected chi connectivity index (χ4v) is 0.953. The molecule has 1 atom stereocenters. The zero-order valence-corrected chi connectivity index (χ0v) is 7.74. The molecular formula is C10H11FO3. The van der Waals surface area contributed by atoms with Crippen LogP contribution in [0.3, 0.4) is 0 Å². The summed E-state index contributed by atoms with van der Waals surface area (Å²) in [6, 6.07) is 3.69. The van der Waals surface area contributed by atoms with Crippen molar-refractivity contribution in [3.63, 3.8) is 0 Å². The number of rotatable bonds is 4. The second-order valence-electron chi connectivity index (χ2n) is 3.00. The van der Waals surface area contributed by atoms with E-state index in [2.05, 4.69) is 0 Å². The molecule has 0 aliphatic heterocycles. The quantitative estimate of drug-likeness (QED) is 0.744. The van der Waals surface area contributed by atoms with Crippen LogP contribution in [0.15, 0.2) is 18.2 Å². The Bertz CT molecular complexity index is 323. The van der Waals surface area contributed by atoms with Gasteiger partial charge in [-0.15, -0.1) is 0 Å². The molecule has 0 saturated carbocycles. The van der Waals surface area contributed by atoms with Gasteiger partial charge in [-0.05, 0) is 19.1 Å². The molecule has 0 fully saturated rings. The van der Waals surface area contributed by atoms with E-state index in [1.54, 1.807) is 6.92 Å². The van der Waals surface area contributed by atoms with Crippen LogP contribution in [0, 0.1) is 5.82 Å². The number of aliphatic hydroxyl groups excluding tert-OH is 1. The number of hydrogen-bond donors (Lipinski definition) is 1. The molecule has 0 saturated heterocycles. The van der Waals surface area contributed by atoms with Gasteiger partial charge in [0.15, 0.2) is 0 Å². The molecule has 1 aromatic carbocycles.